The summed E-state index contributed by atoms with van der Waals surface area (Å²) in [5, 5.41) is 6.78. The molecule has 2 N–H and O–H groups in total. The molecule has 0 aromatic carbocycles. The minimum Gasteiger partial charge on any atom is -0.357 e. The number of pyridine rings is 1. The average molecular weight is 346 g/mol. The predicted molar refractivity (Wildman–Crippen MR) is 103 cm³/mol. The van der Waals surface area contributed by atoms with Crippen LogP contribution in [0.3, 0.4) is 0 Å². The van der Waals surface area contributed by atoms with Crippen LogP contribution in [0, 0.1) is 0 Å². The molecular weight excluding hydrogens is 318 g/mol. The molecule has 6 heteroatoms. The van der Waals surface area contributed by atoms with E-state index in [2.05, 4.69) is 51.8 Å². The molecule has 1 saturated heterocycles. The van der Waals surface area contributed by atoms with Gasteiger partial charge in [0.15, 0.2) is 5.96 Å². The second-order valence-corrected chi connectivity index (χ2v) is 8.15. The number of nitrogens with zero attached hydrogens (tertiary/aromatic N) is 3. The van der Waals surface area contributed by atoms with Gasteiger partial charge < -0.3 is 15.0 Å². The maximum Gasteiger partial charge on any atom is 0.191 e. The van der Waals surface area contributed by atoms with Crippen LogP contribution in [0.1, 0.15) is 32.4 Å². The summed E-state index contributed by atoms with van der Waals surface area (Å²) in [6, 6.07) is 6.07. The molecule has 1 aliphatic heterocycles. The van der Waals surface area contributed by atoms with Crippen molar-refractivity contribution < 1.29 is 0 Å². The number of nitrogens with one attached hydrogen (secondary N) is 2. The van der Waals surface area contributed by atoms with Crippen molar-refractivity contribution in [3.05, 3.63) is 36.3 Å². The second-order valence-electron chi connectivity index (χ2n) is 6.47. The van der Waals surface area contributed by atoms with E-state index >= 15 is 0 Å². The van der Waals surface area contributed by atoms with Crippen LogP contribution in [0.25, 0.3) is 5.65 Å². The molecule has 2 aromatic rings. The highest BCUT2D eigenvalue weighted by Crippen LogP contribution is 2.37. The highest BCUT2D eigenvalue weighted by molar-refractivity contribution is 8.00. The molecule has 1 aliphatic rings. The van der Waals surface area contributed by atoms with E-state index in [0.717, 1.165) is 43.4 Å². The Morgan fingerprint density at radius 1 is 1.42 bits per heavy atom. The van der Waals surface area contributed by atoms with E-state index in [0.29, 0.717) is 4.75 Å². The van der Waals surface area contributed by atoms with Gasteiger partial charge in [-0.3, -0.25) is 4.99 Å². The Hall–Kier alpha value is -1.69. The van der Waals surface area contributed by atoms with Crippen molar-refractivity contribution in [3.63, 3.8) is 0 Å². The van der Waals surface area contributed by atoms with Gasteiger partial charge in [0.05, 0.1) is 12.2 Å². The fourth-order valence-corrected chi connectivity index (χ4v) is 4.19. The van der Waals surface area contributed by atoms with E-state index in [9.17, 15) is 0 Å². The van der Waals surface area contributed by atoms with Gasteiger partial charge in [0.25, 0.3) is 0 Å². The Morgan fingerprint density at radius 3 is 3.08 bits per heavy atom. The maximum absolute atomic E-state index is 4.79. The molecule has 3 heterocycles. The lowest BCUT2D eigenvalue weighted by Crippen LogP contribution is -2.39. The third-order valence-corrected chi connectivity index (χ3v) is 5.83. The number of hydrogen-bond acceptors (Lipinski definition) is 3. The first kappa shape index (κ1) is 17.1. The Labute approximate surface area is 148 Å². The lowest BCUT2D eigenvalue weighted by atomic mass is 10.1. The Bertz CT molecular complexity index is 655. The smallest absolute Gasteiger partial charge is 0.191 e. The highest BCUT2D eigenvalue weighted by atomic mass is 32.2. The molecule has 0 aliphatic carbocycles. The van der Waals surface area contributed by atoms with E-state index in [-0.39, 0.29) is 0 Å². The van der Waals surface area contributed by atoms with Gasteiger partial charge >= 0.3 is 0 Å². The van der Waals surface area contributed by atoms with Crippen LogP contribution in [0.15, 0.2) is 35.6 Å². The van der Waals surface area contributed by atoms with Crippen molar-refractivity contribution >= 4 is 23.4 Å². The molecule has 24 heavy (non-hydrogen) atoms. The monoisotopic (exact) mass is 345 g/mol. The van der Waals surface area contributed by atoms with Crippen LogP contribution in [0.2, 0.25) is 0 Å². The van der Waals surface area contributed by atoms with Crippen LogP contribution in [-0.4, -0.2) is 45.5 Å². The first-order valence-corrected chi connectivity index (χ1v) is 9.76. The molecule has 0 amide bonds. The molecule has 5 nitrogen and oxygen atoms in total. The van der Waals surface area contributed by atoms with Crippen molar-refractivity contribution in [2.75, 3.05) is 25.4 Å². The highest BCUT2D eigenvalue weighted by Gasteiger charge is 2.29. The maximum atomic E-state index is 4.79. The first-order chi connectivity index (χ1) is 11.7. The molecule has 1 atom stereocenters. The van der Waals surface area contributed by atoms with E-state index < -0.39 is 0 Å². The second kappa shape index (κ2) is 7.92. The number of thioether (sulfide) groups is 1. The number of aliphatic imine (C=N–C) groups is 1. The van der Waals surface area contributed by atoms with Gasteiger partial charge in [0.2, 0.25) is 0 Å². The number of aromatic nitrogens is 2. The largest absolute Gasteiger partial charge is 0.357 e. The molecular formula is C18H27N5S. The van der Waals surface area contributed by atoms with Crippen LogP contribution in [0.5, 0.6) is 0 Å². The summed E-state index contributed by atoms with van der Waals surface area (Å²) in [6.07, 6.45) is 7.59. The zero-order valence-corrected chi connectivity index (χ0v) is 15.4. The van der Waals surface area contributed by atoms with Crippen LogP contribution in [0.4, 0.5) is 0 Å². The minimum atomic E-state index is 0.309. The number of hydrogen-bond donors (Lipinski definition) is 2. The normalized spacial score (nSPS) is 21.3. The molecule has 0 saturated carbocycles. The van der Waals surface area contributed by atoms with Crippen LogP contribution in [-0.2, 0) is 6.42 Å². The fourth-order valence-electron chi connectivity index (χ4n) is 2.97. The van der Waals surface area contributed by atoms with E-state index in [4.69, 9.17) is 4.99 Å². The third kappa shape index (κ3) is 4.44. The van der Waals surface area contributed by atoms with E-state index in [1.165, 1.54) is 18.6 Å². The molecule has 2 aromatic heterocycles. The van der Waals surface area contributed by atoms with Crippen LogP contribution < -0.4 is 10.6 Å². The van der Waals surface area contributed by atoms with Gasteiger partial charge in [-0.2, -0.15) is 11.8 Å². The lowest BCUT2D eigenvalue weighted by Gasteiger charge is -2.21. The Morgan fingerprint density at radius 2 is 2.33 bits per heavy atom. The first-order valence-electron chi connectivity index (χ1n) is 8.77. The van der Waals surface area contributed by atoms with E-state index in [1.54, 1.807) is 0 Å². The summed E-state index contributed by atoms with van der Waals surface area (Å²) in [5.74, 6) is 2.18. The summed E-state index contributed by atoms with van der Waals surface area (Å²) in [6.45, 7) is 7.02. The fraction of sp³-hybridized carbons (Fsp3) is 0.556. The Kier molecular flexibility index (Phi) is 5.66. The molecule has 0 bridgehead atoms. The number of imidazole rings is 1. The molecule has 1 fully saturated rings. The summed E-state index contributed by atoms with van der Waals surface area (Å²) in [7, 11) is 0. The van der Waals surface area contributed by atoms with Gasteiger partial charge in [-0.1, -0.05) is 6.07 Å². The van der Waals surface area contributed by atoms with Crippen LogP contribution >= 0.6 is 11.8 Å². The van der Waals surface area contributed by atoms with Gasteiger partial charge in [-0.25, -0.2) is 4.98 Å². The lowest BCUT2D eigenvalue weighted by molar-refractivity contribution is 0.614. The SMILES string of the molecule is CCNC(=NCC1(C)CCCS1)NCCc1cn2ccccc2n1. The molecule has 1 unspecified atom stereocenters. The zero-order chi connectivity index (χ0) is 16.8. The molecule has 0 radical (unpaired) electrons. The Balaban J connectivity index is 1.53. The summed E-state index contributed by atoms with van der Waals surface area (Å²) >= 11 is 2.05. The summed E-state index contributed by atoms with van der Waals surface area (Å²) < 4.78 is 2.37. The van der Waals surface area contributed by atoms with Gasteiger partial charge in [0, 0.05) is 36.7 Å². The quantitative estimate of drug-likeness (QED) is 0.624. The summed E-state index contributed by atoms with van der Waals surface area (Å²) in [4.78, 5) is 9.42. The van der Waals surface area contributed by atoms with Gasteiger partial charge in [-0.05, 0) is 44.6 Å². The van der Waals surface area contributed by atoms with Crippen molar-refractivity contribution in [2.24, 2.45) is 4.99 Å². The number of fused-ring (bicyclic) bond motifs is 1. The molecule has 0 spiro atoms. The van der Waals surface area contributed by atoms with Crippen molar-refractivity contribution in [1.82, 2.24) is 20.0 Å². The van der Waals surface area contributed by atoms with Gasteiger partial charge in [0.1, 0.15) is 5.65 Å². The third-order valence-electron chi connectivity index (χ3n) is 4.30. The van der Waals surface area contributed by atoms with Crippen molar-refractivity contribution in [3.8, 4) is 0 Å². The number of guanidine groups is 1. The van der Waals surface area contributed by atoms with E-state index in [1.807, 2.05) is 24.4 Å². The summed E-state index contributed by atoms with van der Waals surface area (Å²) in [5.41, 5.74) is 2.10. The van der Waals surface area contributed by atoms with Crippen molar-refractivity contribution in [1.29, 1.82) is 0 Å². The van der Waals surface area contributed by atoms with Crippen molar-refractivity contribution in [2.45, 2.75) is 37.9 Å². The molecule has 3 rings (SSSR count). The standard InChI is InChI=1S/C18H27N5S/c1-3-19-17(21-14-18(2)9-6-12-24-18)20-10-8-15-13-23-11-5-4-7-16(23)22-15/h4-5,7,11,13H,3,6,8-10,12,14H2,1-2H3,(H2,19,20,21). The molecule has 130 valence electrons. The van der Waals surface area contributed by atoms with Gasteiger partial charge in [-0.15, -0.1) is 0 Å². The number of rotatable bonds is 6. The zero-order valence-electron chi connectivity index (χ0n) is 14.6. The average Bonchev–Trinajstić information content (AvgIpc) is 3.19. The predicted octanol–water partition coefficient (Wildman–Crippen LogP) is 2.72. The minimum absolute atomic E-state index is 0.309. The topological polar surface area (TPSA) is 53.7 Å².